The van der Waals surface area contributed by atoms with Crippen LogP contribution in [0, 0.1) is 0 Å². The lowest BCUT2D eigenvalue weighted by molar-refractivity contribution is 0.0955. The van der Waals surface area contributed by atoms with Crippen molar-refractivity contribution in [1.29, 1.82) is 0 Å². The highest BCUT2D eigenvalue weighted by atomic mass is 35.5. The number of halogens is 1. The minimum Gasteiger partial charge on any atom is -0.493 e. The molecule has 1 amide bonds. The van der Waals surface area contributed by atoms with Gasteiger partial charge in [0.1, 0.15) is 0 Å². The van der Waals surface area contributed by atoms with Crippen molar-refractivity contribution in [1.82, 2.24) is 5.32 Å². The molecule has 1 heterocycles. The molecule has 0 aliphatic heterocycles. The molecule has 2 aromatic carbocycles. The molecule has 1 N–H and O–H groups in total. The van der Waals surface area contributed by atoms with Gasteiger partial charge in [0.05, 0.1) is 26.2 Å². The lowest BCUT2D eigenvalue weighted by Gasteiger charge is -2.14. The van der Waals surface area contributed by atoms with Crippen LogP contribution in [0.3, 0.4) is 0 Å². The van der Waals surface area contributed by atoms with Crippen LogP contribution in [-0.4, -0.2) is 27.2 Å². The molecule has 3 rings (SSSR count). The molecule has 0 bridgehead atoms. The van der Waals surface area contributed by atoms with Crippen LogP contribution in [0.4, 0.5) is 0 Å². The van der Waals surface area contributed by atoms with Gasteiger partial charge in [0.15, 0.2) is 11.5 Å². The summed E-state index contributed by atoms with van der Waals surface area (Å²) >= 11 is 7.36. The van der Waals surface area contributed by atoms with Crippen molar-refractivity contribution < 1.29 is 19.0 Å². The highest BCUT2D eigenvalue weighted by Gasteiger charge is 2.15. The zero-order valence-electron chi connectivity index (χ0n) is 15.7. The topological polar surface area (TPSA) is 56.8 Å². The molecule has 0 atom stereocenters. The first kappa shape index (κ1) is 20.0. The first-order chi connectivity index (χ1) is 13.5. The number of rotatable bonds is 7. The first-order valence-corrected chi connectivity index (χ1v) is 9.68. The Bertz CT molecular complexity index is 944. The van der Waals surface area contributed by atoms with Gasteiger partial charge in [-0.25, -0.2) is 0 Å². The fourth-order valence-corrected chi connectivity index (χ4v) is 3.79. The average molecular weight is 418 g/mol. The smallest absolute Gasteiger partial charge is 0.261 e. The van der Waals surface area contributed by atoms with Gasteiger partial charge in [0.25, 0.3) is 5.91 Å². The van der Waals surface area contributed by atoms with E-state index in [9.17, 15) is 4.79 Å². The highest BCUT2D eigenvalue weighted by molar-refractivity contribution is 7.17. The van der Waals surface area contributed by atoms with Gasteiger partial charge in [0, 0.05) is 16.4 Å². The van der Waals surface area contributed by atoms with Crippen molar-refractivity contribution in [3.8, 4) is 27.7 Å². The van der Waals surface area contributed by atoms with Crippen LogP contribution < -0.4 is 19.5 Å². The standard InChI is InChI=1S/C21H20ClNO4S/c1-25-16-10-13(11-17(26-2)20(16)27-3)12-23-21(24)19-9-8-18(28-19)14-4-6-15(22)7-5-14/h4-11H,12H2,1-3H3,(H,23,24). The Morgan fingerprint density at radius 1 is 0.964 bits per heavy atom. The molecule has 3 aromatic rings. The lowest BCUT2D eigenvalue weighted by atomic mass is 10.1. The molecule has 0 unspecified atom stereocenters. The predicted molar refractivity (Wildman–Crippen MR) is 112 cm³/mol. The molecule has 5 nitrogen and oxygen atoms in total. The first-order valence-electron chi connectivity index (χ1n) is 8.48. The van der Waals surface area contributed by atoms with E-state index in [2.05, 4.69) is 5.32 Å². The van der Waals surface area contributed by atoms with Crippen LogP contribution in [0.5, 0.6) is 17.2 Å². The highest BCUT2D eigenvalue weighted by Crippen LogP contribution is 2.38. The number of benzene rings is 2. The summed E-state index contributed by atoms with van der Waals surface area (Å²) in [4.78, 5) is 14.2. The van der Waals surface area contributed by atoms with E-state index in [1.54, 1.807) is 21.3 Å². The molecule has 0 radical (unpaired) electrons. The van der Waals surface area contributed by atoms with E-state index in [4.69, 9.17) is 25.8 Å². The van der Waals surface area contributed by atoms with Crippen molar-refractivity contribution in [2.24, 2.45) is 0 Å². The van der Waals surface area contributed by atoms with Gasteiger partial charge in [-0.05, 0) is 47.5 Å². The summed E-state index contributed by atoms with van der Waals surface area (Å²) in [6, 6.07) is 14.9. The average Bonchev–Trinajstić information content (AvgIpc) is 3.21. The maximum atomic E-state index is 12.5. The Labute approximate surface area is 172 Å². The van der Waals surface area contributed by atoms with Crippen LogP contribution >= 0.6 is 22.9 Å². The zero-order valence-corrected chi connectivity index (χ0v) is 17.3. The zero-order chi connectivity index (χ0) is 20.1. The minimum atomic E-state index is -0.140. The maximum absolute atomic E-state index is 12.5. The predicted octanol–water partition coefficient (Wildman–Crippen LogP) is 5.02. The second-order valence-corrected chi connectivity index (χ2v) is 7.41. The number of hydrogen-bond donors (Lipinski definition) is 1. The number of thiophene rings is 1. The Morgan fingerprint density at radius 3 is 2.18 bits per heavy atom. The van der Waals surface area contributed by atoms with E-state index in [0.717, 1.165) is 16.0 Å². The minimum absolute atomic E-state index is 0.140. The van der Waals surface area contributed by atoms with E-state index in [1.807, 2.05) is 48.5 Å². The number of methoxy groups -OCH3 is 3. The van der Waals surface area contributed by atoms with Gasteiger partial charge >= 0.3 is 0 Å². The number of amides is 1. The number of hydrogen-bond acceptors (Lipinski definition) is 5. The number of ether oxygens (including phenoxy) is 3. The molecule has 0 aliphatic rings. The maximum Gasteiger partial charge on any atom is 0.261 e. The SMILES string of the molecule is COc1cc(CNC(=O)c2ccc(-c3ccc(Cl)cc3)s2)cc(OC)c1OC. The van der Waals surface area contributed by atoms with Crippen molar-refractivity contribution >= 4 is 28.8 Å². The van der Waals surface area contributed by atoms with Gasteiger partial charge in [-0.3, -0.25) is 4.79 Å². The van der Waals surface area contributed by atoms with Crippen molar-refractivity contribution in [3.63, 3.8) is 0 Å². The Balaban J connectivity index is 1.71. The summed E-state index contributed by atoms with van der Waals surface area (Å²) in [5, 5.41) is 3.61. The molecule has 0 saturated carbocycles. The normalized spacial score (nSPS) is 10.4. The second-order valence-electron chi connectivity index (χ2n) is 5.89. The van der Waals surface area contributed by atoms with E-state index < -0.39 is 0 Å². The molecule has 0 saturated heterocycles. The van der Waals surface area contributed by atoms with Crippen molar-refractivity contribution in [3.05, 3.63) is 64.0 Å². The number of carbonyl (C=O) groups excluding carboxylic acids is 1. The molecule has 0 spiro atoms. The Morgan fingerprint density at radius 2 is 1.61 bits per heavy atom. The fourth-order valence-electron chi connectivity index (χ4n) is 2.74. The van der Waals surface area contributed by atoms with Crippen LogP contribution in [0.25, 0.3) is 10.4 Å². The number of nitrogens with one attached hydrogen (secondary N) is 1. The molecule has 0 aliphatic carbocycles. The quantitative estimate of drug-likeness (QED) is 0.586. The summed E-state index contributed by atoms with van der Waals surface area (Å²) in [5.74, 6) is 1.48. The van der Waals surface area contributed by atoms with Gasteiger partial charge < -0.3 is 19.5 Å². The number of carbonyl (C=O) groups is 1. The summed E-state index contributed by atoms with van der Waals surface area (Å²) in [6.45, 7) is 0.337. The molecule has 146 valence electrons. The largest absolute Gasteiger partial charge is 0.493 e. The third-order valence-electron chi connectivity index (χ3n) is 4.14. The van der Waals surface area contributed by atoms with E-state index in [-0.39, 0.29) is 5.91 Å². The van der Waals surface area contributed by atoms with Gasteiger partial charge in [-0.15, -0.1) is 11.3 Å². The van der Waals surface area contributed by atoms with E-state index >= 15 is 0 Å². The van der Waals surface area contributed by atoms with E-state index in [0.29, 0.717) is 33.7 Å². The third kappa shape index (κ3) is 4.40. The summed E-state index contributed by atoms with van der Waals surface area (Å²) in [7, 11) is 4.67. The van der Waals surface area contributed by atoms with Crippen LogP contribution in [0.1, 0.15) is 15.2 Å². The summed E-state index contributed by atoms with van der Waals surface area (Å²) in [5.41, 5.74) is 1.87. The second kappa shape index (κ2) is 8.99. The van der Waals surface area contributed by atoms with Crippen molar-refractivity contribution in [2.75, 3.05) is 21.3 Å². The summed E-state index contributed by atoms with van der Waals surface area (Å²) < 4.78 is 16.0. The third-order valence-corrected chi connectivity index (χ3v) is 5.52. The van der Waals surface area contributed by atoms with Crippen LogP contribution in [-0.2, 0) is 6.54 Å². The lowest BCUT2D eigenvalue weighted by Crippen LogP contribution is -2.21. The van der Waals surface area contributed by atoms with Gasteiger partial charge in [-0.2, -0.15) is 0 Å². The van der Waals surface area contributed by atoms with E-state index in [1.165, 1.54) is 11.3 Å². The van der Waals surface area contributed by atoms with Crippen molar-refractivity contribution in [2.45, 2.75) is 6.54 Å². The molecule has 0 fully saturated rings. The van der Waals surface area contributed by atoms with Crippen LogP contribution in [0.2, 0.25) is 5.02 Å². The molecular formula is C21H20ClNO4S. The molecule has 28 heavy (non-hydrogen) atoms. The molecular weight excluding hydrogens is 398 g/mol. The Kier molecular flexibility index (Phi) is 6.44. The van der Waals surface area contributed by atoms with Gasteiger partial charge in [0.2, 0.25) is 5.75 Å². The monoisotopic (exact) mass is 417 g/mol. The Hall–Kier alpha value is -2.70. The molecule has 7 heteroatoms. The fraction of sp³-hybridized carbons (Fsp3) is 0.190. The van der Waals surface area contributed by atoms with Gasteiger partial charge in [-0.1, -0.05) is 23.7 Å². The summed E-state index contributed by atoms with van der Waals surface area (Å²) in [6.07, 6.45) is 0. The van der Waals surface area contributed by atoms with Crippen LogP contribution in [0.15, 0.2) is 48.5 Å². The molecule has 1 aromatic heterocycles.